The third-order valence-electron chi connectivity index (χ3n) is 5.23. The smallest absolute Gasteiger partial charge is 0.305 e. The number of ether oxygens (including phenoxy) is 3. The summed E-state index contributed by atoms with van der Waals surface area (Å²) in [5, 5.41) is 0. The molecule has 0 amide bonds. The molecule has 1 aliphatic heterocycles. The molecule has 166 valence electrons. The monoisotopic (exact) mass is 408 g/mol. The number of carbonyl (C=O) groups is 2. The van der Waals surface area contributed by atoms with E-state index in [2.05, 4.69) is 6.92 Å². The fourth-order valence-electron chi connectivity index (χ4n) is 3.06. The fourth-order valence-corrected chi connectivity index (χ4v) is 3.06. The summed E-state index contributed by atoms with van der Waals surface area (Å²) in [4.78, 5) is 23.9. The van der Waals surface area contributed by atoms with Crippen LogP contribution in [0.4, 0.5) is 0 Å². The highest BCUT2D eigenvalue weighted by Gasteiger charge is 2.21. The van der Waals surface area contributed by atoms with Gasteiger partial charge in [0.15, 0.2) is 12.1 Å². The maximum Gasteiger partial charge on any atom is 0.305 e. The Bertz CT molecular complexity index is 551. The molecular weight excluding hydrogens is 368 g/mol. The van der Waals surface area contributed by atoms with Gasteiger partial charge in [-0.1, -0.05) is 44.9 Å². The van der Waals surface area contributed by atoms with E-state index in [0.717, 1.165) is 44.1 Å². The van der Waals surface area contributed by atoms with E-state index in [1.165, 1.54) is 0 Å². The van der Waals surface area contributed by atoms with Gasteiger partial charge in [-0.2, -0.15) is 0 Å². The number of allylic oxidation sites excluding steroid dienone is 3. The maximum atomic E-state index is 12.0. The van der Waals surface area contributed by atoms with E-state index in [4.69, 9.17) is 14.2 Å². The Labute approximate surface area is 176 Å². The van der Waals surface area contributed by atoms with Crippen molar-refractivity contribution in [1.29, 1.82) is 0 Å². The third-order valence-corrected chi connectivity index (χ3v) is 5.23. The zero-order valence-corrected chi connectivity index (χ0v) is 18.9. The lowest BCUT2D eigenvalue weighted by molar-refractivity contribution is -0.194. The molecule has 1 rings (SSSR count). The minimum absolute atomic E-state index is 0.0307. The van der Waals surface area contributed by atoms with Crippen molar-refractivity contribution >= 4 is 11.8 Å². The molecule has 0 N–H and O–H groups in total. The minimum Gasteiger partial charge on any atom is -0.465 e. The molecule has 5 heteroatoms. The van der Waals surface area contributed by atoms with Crippen LogP contribution in [0, 0.1) is 11.8 Å². The zero-order valence-electron chi connectivity index (χ0n) is 18.9. The number of rotatable bonds is 13. The van der Waals surface area contributed by atoms with Crippen molar-refractivity contribution < 1.29 is 23.8 Å². The largest absolute Gasteiger partial charge is 0.465 e. The first kappa shape index (κ1) is 25.6. The quantitative estimate of drug-likeness (QED) is 0.232. The molecule has 0 aliphatic carbocycles. The molecular formula is C24H40O5. The molecule has 0 unspecified atom stereocenters. The predicted molar refractivity (Wildman–Crippen MR) is 115 cm³/mol. The van der Waals surface area contributed by atoms with Gasteiger partial charge in [-0.25, -0.2) is 0 Å². The van der Waals surface area contributed by atoms with Gasteiger partial charge in [0.1, 0.15) is 0 Å². The van der Waals surface area contributed by atoms with Crippen molar-refractivity contribution in [2.24, 2.45) is 11.8 Å². The summed E-state index contributed by atoms with van der Waals surface area (Å²) in [5.74, 6) is -0.0931. The van der Waals surface area contributed by atoms with Gasteiger partial charge < -0.3 is 14.2 Å². The van der Waals surface area contributed by atoms with Crippen LogP contribution < -0.4 is 0 Å². The van der Waals surface area contributed by atoms with E-state index >= 15 is 0 Å². The fraction of sp³-hybridized carbons (Fsp3) is 0.750. The van der Waals surface area contributed by atoms with Gasteiger partial charge >= 0.3 is 5.97 Å². The molecule has 0 aromatic heterocycles. The highest BCUT2D eigenvalue weighted by Crippen LogP contribution is 2.20. The number of esters is 1. The summed E-state index contributed by atoms with van der Waals surface area (Å²) < 4.78 is 17.2. The summed E-state index contributed by atoms with van der Waals surface area (Å²) in [5.41, 5.74) is 0.956. The molecule has 0 aromatic carbocycles. The Morgan fingerprint density at radius 3 is 2.59 bits per heavy atom. The lowest BCUT2D eigenvalue weighted by Gasteiger charge is -2.28. The number of hydrogen-bond acceptors (Lipinski definition) is 5. The highest BCUT2D eigenvalue weighted by atomic mass is 16.7. The molecule has 0 saturated carbocycles. The molecule has 0 bridgehead atoms. The van der Waals surface area contributed by atoms with Crippen molar-refractivity contribution in [2.45, 2.75) is 92.0 Å². The summed E-state index contributed by atoms with van der Waals surface area (Å²) in [7, 11) is 0. The first-order valence-corrected chi connectivity index (χ1v) is 11.2. The second-order valence-corrected chi connectivity index (χ2v) is 8.14. The van der Waals surface area contributed by atoms with E-state index in [9.17, 15) is 9.59 Å². The van der Waals surface area contributed by atoms with Gasteiger partial charge in [0.05, 0.1) is 19.3 Å². The molecule has 1 saturated heterocycles. The normalized spacial score (nSPS) is 22.4. The van der Waals surface area contributed by atoms with Gasteiger partial charge in [-0.15, -0.1) is 0 Å². The van der Waals surface area contributed by atoms with E-state index < -0.39 is 0 Å². The van der Waals surface area contributed by atoms with Crippen LogP contribution in [-0.2, 0) is 23.8 Å². The Morgan fingerprint density at radius 1 is 1.17 bits per heavy atom. The predicted octanol–water partition coefficient (Wildman–Crippen LogP) is 5.39. The van der Waals surface area contributed by atoms with Crippen molar-refractivity contribution in [3.8, 4) is 0 Å². The molecule has 4 atom stereocenters. The third kappa shape index (κ3) is 11.3. The molecule has 1 aliphatic rings. The average Bonchev–Trinajstić information content (AvgIpc) is 2.71. The van der Waals surface area contributed by atoms with Gasteiger partial charge in [0.25, 0.3) is 0 Å². The first-order chi connectivity index (χ1) is 13.8. The van der Waals surface area contributed by atoms with Gasteiger partial charge in [0, 0.05) is 18.3 Å². The van der Waals surface area contributed by atoms with Crippen molar-refractivity contribution in [2.75, 3.05) is 13.2 Å². The van der Waals surface area contributed by atoms with Gasteiger partial charge in [-0.3, -0.25) is 9.59 Å². The number of hydrogen-bond donors (Lipinski definition) is 0. The summed E-state index contributed by atoms with van der Waals surface area (Å²) in [6.45, 7) is 10.7. The van der Waals surface area contributed by atoms with Crippen LogP contribution in [0.15, 0.2) is 23.8 Å². The lowest BCUT2D eigenvalue weighted by Crippen LogP contribution is -2.30. The summed E-state index contributed by atoms with van der Waals surface area (Å²) in [6, 6.07) is 0. The molecule has 29 heavy (non-hydrogen) atoms. The zero-order chi connectivity index (χ0) is 21.6. The standard InChI is InChI=1S/C24H40O5/c1-6-8-11-23(26)27-16-21(17-28-24-12-9-10-20(5)29-24)15-18(3)13-14-22(25)19(4)7-2/h13-15,19-21,24H,6-12,16-17H2,1-5H3/b14-13+,18-15+/t19-,20-,21+,24-/m1/s1. The number of carbonyl (C=O) groups excluding carboxylic acids is 2. The van der Waals surface area contributed by atoms with Crippen LogP contribution >= 0.6 is 0 Å². The average molecular weight is 409 g/mol. The Balaban J connectivity index is 2.67. The molecule has 1 fully saturated rings. The second-order valence-electron chi connectivity index (χ2n) is 8.14. The lowest BCUT2D eigenvalue weighted by atomic mass is 10.0. The van der Waals surface area contributed by atoms with Crippen molar-refractivity contribution in [3.05, 3.63) is 23.8 Å². The molecule has 1 heterocycles. The number of ketones is 1. The van der Waals surface area contributed by atoms with E-state index in [0.29, 0.717) is 13.0 Å². The summed E-state index contributed by atoms with van der Waals surface area (Å²) in [6.07, 6.45) is 11.6. The molecule has 5 nitrogen and oxygen atoms in total. The van der Waals surface area contributed by atoms with Crippen LogP contribution in [0.5, 0.6) is 0 Å². The Morgan fingerprint density at radius 2 is 1.93 bits per heavy atom. The van der Waals surface area contributed by atoms with Crippen LogP contribution in [0.25, 0.3) is 0 Å². The van der Waals surface area contributed by atoms with E-state index in [-0.39, 0.29) is 42.6 Å². The van der Waals surface area contributed by atoms with Crippen LogP contribution in [-0.4, -0.2) is 37.4 Å². The van der Waals surface area contributed by atoms with E-state index in [1.807, 2.05) is 39.8 Å². The maximum absolute atomic E-state index is 12.0. The molecule has 0 radical (unpaired) electrons. The minimum atomic E-state index is -0.201. The molecule has 0 aromatic rings. The van der Waals surface area contributed by atoms with Gasteiger partial charge in [-0.05, 0) is 52.0 Å². The first-order valence-electron chi connectivity index (χ1n) is 11.2. The van der Waals surface area contributed by atoms with Gasteiger partial charge in [0.2, 0.25) is 0 Å². The topological polar surface area (TPSA) is 61.8 Å². The van der Waals surface area contributed by atoms with Crippen LogP contribution in [0.2, 0.25) is 0 Å². The van der Waals surface area contributed by atoms with Crippen LogP contribution in [0.1, 0.15) is 79.6 Å². The van der Waals surface area contributed by atoms with Crippen molar-refractivity contribution in [3.63, 3.8) is 0 Å². The Hall–Kier alpha value is -1.46. The van der Waals surface area contributed by atoms with E-state index in [1.54, 1.807) is 6.08 Å². The highest BCUT2D eigenvalue weighted by molar-refractivity contribution is 5.91. The number of unbranched alkanes of at least 4 members (excludes halogenated alkanes) is 1. The SMILES string of the molecule is CCCCC(=O)OC[C@H](/C=C(C)/C=C/C(=O)[C@H](C)CC)CO[C@H]1CCC[C@@H](C)O1. The van der Waals surface area contributed by atoms with Crippen LogP contribution in [0.3, 0.4) is 0 Å². The molecule has 0 spiro atoms. The van der Waals surface area contributed by atoms with Crippen molar-refractivity contribution in [1.82, 2.24) is 0 Å². The Kier molecular flexibility index (Phi) is 12.8. The second kappa shape index (κ2) is 14.5. The summed E-state index contributed by atoms with van der Waals surface area (Å²) >= 11 is 0.